The Hall–Kier alpha value is -2.39. The van der Waals surface area contributed by atoms with Gasteiger partial charge in [-0.15, -0.1) is 0 Å². The summed E-state index contributed by atoms with van der Waals surface area (Å²) in [6.45, 7) is 4.61. The van der Waals surface area contributed by atoms with Gasteiger partial charge in [0.2, 0.25) is 0 Å². The number of nitrogens with zero attached hydrogens (tertiary/aromatic N) is 4. The molecule has 0 aliphatic carbocycles. The molecule has 0 bridgehead atoms. The molecule has 4 rings (SSSR count). The monoisotopic (exact) mass is 390 g/mol. The largest absolute Gasteiger partial charge is 0.493 e. The molecule has 1 unspecified atom stereocenters. The van der Waals surface area contributed by atoms with E-state index in [2.05, 4.69) is 21.0 Å². The number of halogens is 1. The molecule has 1 aliphatic rings. The molecule has 3 heterocycles. The molecular weight excluding hydrogens is 371 g/mol. The van der Waals surface area contributed by atoms with Gasteiger partial charge in [0, 0.05) is 19.4 Å². The Morgan fingerprint density at radius 3 is 2.89 bits per heavy atom. The minimum absolute atomic E-state index is 0.00934. The molecule has 9 heteroatoms. The molecular formula is C18H19FN4O3S. The van der Waals surface area contributed by atoms with Crippen LogP contribution in [0.2, 0.25) is 0 Å². The molecule has 1 aromatic carbocycles. The molecule has 1 N–H and O–H groups in total. The van der Waals surface area contributed by atoms with E-state index < -0.39 is 17.2 Å². The smallest absolute Gasteiger partial charge is 0.310 e. The number of aromatic nitrogens is 4. The molecule has 0 saturated carbocycles. The Labute approximate surface area is 157 Å². The van der Waals surface area contributed by atoms with Crippen molar-refractivity contribution in [3.8, 4) is 5.75 Å². The maximum atomic E-state index is 13.7. The van der Waals surface area contributed by atoms with E-state index >= 15 is 0 Å². The summed E-state index contributed by atoms with van der Waals surface area (Å²) in [5.74, 6) is 1.55. The van der Waals surface area contributed by atoms with Gasteiger partial charge in [0.05, 0.1) is 18.1 Å². The summed E-state index contributed by atoms with van der Waals surface area (Å²) in [5, 5.41) is 0. The second kappa shape index (κ2) is 6.97. The minimum atomic E-state index is -1.97. The first-order valence-electron chi connectivity index (χ1n) is 8.64. The van der Waals surface area contributed by atoms with E-state index in [-0.39, 0.29) is 12.3 Å². The molecule has 0 amide bonds. The van der Waals surface area contributed by atoms with Crippen LogP contribution in [-0.2, 0) is 30.5 Å². The molecule has 142 valence electrons. The van der Waals surface area contributed by atoms with Crippen LogP contribution in [0, 0.1) is 19.9 Å². The maximum absolute atomic E-state index is 13.7. The van der Waals surface area contributed by atoms with E-state index in [1.807, 2.05) is 13.0 Å². The van der Waals surface area contributed by atoms with Gasteiger partial charge in [-0.1, -0.05) is 6.07 Å². The van der Waals surface area contributed by atoms with Crippen molar-refractivity contribution in [2.75, 3.05) is 12.4 Å². The van der Waals surface area contributed by atoms with E-state index in [0.717, 1.165) is 23.3 Å². The summed E-state index contributed by atoms with van der Waals surface area (Å²) >= 11 is -1.97. The summed E-state index contributed by atoms with van der Waals surface area (Å²) in [5.41, 5.74) is 4.66. The molecule has 0 radical (unpaired) electrons. The van der Waals surface area contributed by atoms with Crippen LogP contribution in [0.3, 0.4) is 0 Å². The Morgan fingerprint density at radius 2 is 2.11 bits per heavy atom. The highest BCUT2D eigenvalue weighted by molar-refractivity contribution is 7.79. The fourth-order valence-electron chi connectivity index (χ4n) is 3.44. The molecule has 7 nitrogen and oxygen atoms in total. The van der Waals surface area contributed by atoms with Gasteiger partial charge in [0.1, 0.15) is 17.1 Å². The van der Waals surface area contributed by atoms with Gasteiger partial charge in [0.25, 0.3) is 0 Å². The average Bonchev–Trinajstić information content (AvgIpc) is 3.17. The number of benzene rings is 1. The zero-order valence-electron chi connectivity index (χ0n) is 15.0. The molecule has 2 aromatic heterocycles. The highest BCUT2D eigenvalue weighted by Gasteiger charge is 2.20. The van der Waals surface area contributed by atoms with Gasteiger partial charge in [-0.25, -0.2) is 14.2 Å². The third kappa shape index (κ3) is 3.44. The van der Waals surface area contributed by atoms with Crippen LogP contribution < -0.4 is 4.74 Å². The van der Waals surface area contributed by atoms with Crippen molar-refractivity contribution >= 4 is 22.2 Å². The fraction of sp³-hybridized carbons (Fsp3) is 0.389. The van der Waals surface area contributed by atoms with Crippen molar-refractivity contribution in [2.45, 2.75) is 33.2 Å². The average molecular weight is 390 g/mol. The fourth-order valence-corrected chi connectivity index (χ4v) is 3.78. The van der Waals surface area contributed by atoms with Crippen molar-refractivity contribution in [1.29, 1.82) is 0 Å². The van der Waals surface area contributed by atoms with E-state index in [9.17, 15) is 13.2 Å². The van der Waals surface area contributed by atoms with Crippen molar-refractivity contribution in [3.63, 3.8) is 0 Å². The standard InChI is InChI=1S/C18H19FN4O3S/c1-10-7-12-3-5-26-14(12)8-13(10)9-15-21-16-11(2)20-18(19)22-17(16)23(15)4-6-27(24)25/h7-8H,3-6,9H2,1-2H3,(H,24,25). The highest BCUT2D eigenvalue weighted by Crippen LogP contribution is 2.30. The lowest BCUT2D eigenvalue weighted by molar-refractivity contribution is 0.356. The van der Waals surface area contributed by atoms with Gasteiger partial charge in [-0.2, -0.15) is 9.37 Å². The quantitative estimate of drug-likeness (QED) is 0.531. The van der Waals surface area contributed by atoms with Crippen LogP contribution in [0.1, 0.15) is 28.2 Å². The van der Waals surface area contributed by atoms with Crippen LogP contribution in [0.5, 0.6) is 5.75 Å². The van der Waals surface area contributed by atoms with Gasteiger partial charge in [-0.05, 0) is 36.6 Å². The first kappa shape index (κ1) is 18.0. The summed E-state index contributed by atoms with van der Waals surface area (Å²) in [7, 11) is 0. The number of aryl methyl sites for hydroxylation is 3. The first-order chi connectivity index (χ1) is 12.9. The van der Waals surface area contributed by atoms with Crippen molar-refractivity contribution < 1.29 is 17.9 Å². The molecule has 0 fully saturated rings. The number of imidazole rings is 1. The third-order valence-corrected chi connectivity index (χ3v) is 5.34. The van der Waals surface area contributed by atoms with Crippen LogP contribution >= 0.6 is 0 Å². The number of hydrogen-bond acceptors (Lipinski definition) is 5. The Kier molecular flexibility index (Phi) is 4.65. The Bertz CT molecular complexity index is 1070. The van der Waals surface area contributed by atoms with Crippen molar-refractivity contribution in [1.82, 2.24) is 19.5 Å². The molecule has 1 aliphatic heterocycles. The second-order valence-corrected chi connectivity index (χ2v) is 7.67. The summed E-state index contributed by atoms with van der Waals surface area (Å²) in [6, 6.07) is 4.14. The number of ether oxygens (including phenoxy) is 1. The van der Waals surface area contributed by atoms with Gasteiger partial charge < -0.3 is 13.9 Å². The van der Waals surface area contributed by atoms with Crippen molar-refractivity contribution in [2.24, 2.45) is 0 Å². The van der Waals surface area contributed by atoms with E-state index in [1.165, 1.54) is 5.56 Å². The Balaban J connectivity index is 1.80. The van der Waals surface area contributed by atoms with E-state index in [1.54, 1.807) is 11.5 Å². The molecule has 0 saturated heterocycles. The van der Waals surface area contributed by atoms with Crippen LogP contribution in [0.4, 0.5) is 4.39 Å². The maximum Gasteiger partial charge on any atom is 0.310 e. The lowest BCUT2D eigenvalue weighted by Crippen LogP contribution is -2.12. The molecule has 27 heavy (non-hydrogen) atoms. The van der Waals surface area contributed by atoms with Gasteiger partial charge >= 0.3 is 6.08 Å². The number of fused-ring (bicyclic) bond motifs is 2. The summed E-state index contributed by atoms with van der Waals surface area (Å²) in [6.07, 6.45) is 0.559. The molecule has 3 aromatic rings. The van der Waals surface area contributed by atoms with Crippen molar-refractivity contribution in [3.05, 3.63) is 46.4 Å². The Morgan fingerprint density at radius 1 is 1.30 bits per heavy atom. The van der Waals surface area contributed by atoms with Crippen LogP contribution in [0.15, 0.2) is 12.1 Å². The van der Waals surface area contributed by atoms with Crippen LogP contribution in [-0.4, -0.2) is 40.6 Å². The predicted molar refractivity (Wildman–Crippen MR) is 98.8 cm³/mol. The van der Waals surface area contributed by atoms with Gasteiger partial charge in [0.15, 0.2) is 16.7 Å². The first-order valence-corrected chi connectivity index (χ1v) is 9.92. The lowest BCUT2D eigenvalue weighted by atomic mass is 10.0. The van der Waals surface area contributed by atoms with E-state index in [4.69, 9.17) is 4.74 Å². The summed E-state index contributed by atoms with van der Waals surface area (Å²) in [4.78, 5) is 12.2. The zero-order chi connectivity index (χ0) is 19.1. The third-order valence-electron chi connectivity index (χ3n) is 4.81. The predicted octanol–water partition coefficient (Wildman–Crippen LogP) is 2.33. The molecule has 1 atom stereocenters. The van der Waals surface area contributed by atoms with Gasteiger partial charge in [-0.3, -0.25) is 0 Å². The highest BCUT2D eigenvalue weighted by atomic mass is 32.2. The van der Waals surface area contributed by atoms with E-state index in [0.29, 0.717) is 35.7 Å². The summed E-state index contributed by atoms with van der Waals surface area (Å²) < 4.78 is 41.5. The zero-order valence-corrected chi connectivity index (χ0v) is 15.8. The normalized spacial score (nSPS) is 14.4. The SMILES string of the molecule is Cc1cc2c(cc1Cc1nc3c(C)nc(F)nc3n1CCS(=O)O)OCC2. The topological polar surface area (TPSA) is 90.1 Å². The van der Waals surface area contributed by atoms with Crippen LogP contribution in [0.25, 0.3) is 11.2 Å². The molecule has 0 spiro atoms. The number of hydrogen-bond donors (Lipinski definition) is 1. The lowest BCUT2D eigenvalue weighted by Gasteiger charge is -2.11. The minimum Gasteiger partial charge on any atom is -0.493 e. The number of rotatable bonds is 5. The second-order valence-electron chi connectivity index (χ2n) is 6.62.